The number of rotatable bonds is 16. The average Bonchev–Trinajstić information content (AvgIpc) is 2.66. The van der Waals surface area contributed by atoms with Gasteiger partial charge in [0.1, 0.15) is 11.9 Å². The Bertz CT molecular complexity index is 707. The first kappa shape index (κ1) is 29.4. The molecule has 31 heavy (non-hydrogen) atoms. The van der Waals surface area contributed by atoms with Crippen LogP contribution in [0.15, 0.2) is 0 Å². The quantitative estimate of drug-likeness (QED) is 0.0627. The number of Topliss-reactive ketones (excluding diaryl/α,β-unsaturated/α-hetero) is 1. The molecular formula is C17H31N2O10PS. The Morgan fingerprint density at radius 3 is 2.32 bits per heavy atom. The molecular weight excluding hydrogens is 455 g/mol. The summed E-state index contributed by atoms with van der Waals surface area (Å²) in [5, 5.41) is 25.2. The van der Waals surface area contributed by atoms with E-state index < -0.39 is 37.8 Å². The lowest BCUT2D eigenvalue weighted by atomic mass is 9.87. The summed E-state index contributed by atoms with van der Waals surface area (Å²) in [6.45, 7) is 2.56. The molecule has 0 radical (unpaired) electrons. The van der Waals surface area contributed by atoms with Gasteiger partial charge in [0.25, 0.3) is 0 Å². The molecule has 0 aromatic heterocycles. The number of amides is 2. The van der Waals surface area contributed by atoms with Crippen LogP contribution in [0.1, 0.15) is 39.5 Å². The summed E-state index contributed by atoms with van der Waals surface area (Å²) < 4.78 is 15.1. The maximum atomic E-state index is 12.0. The second-order valence-corrected chi connectivity index (χ2v) is 9.69. The number of carbonyl (C=O) groups excluding carboxylic acids is 3. The summed E-state index contributed by atoms with van der Waals surface area (Å²) in [5.74, 6) is -1.73. The largest absolute Gasteiger partial charge is 0.481 e. The second kappa shape index (κ2) is 14.4. The SMILES string of the molecule is CC(C)(COP(=O)(O)O)[C@@H](O)C(=O)NCCC(=O)NCC[SH]=CCC(=O)CCC(=O)O. The van der Waals surface area contributed by atoms with Crippen LogP contribution in [0.3, 0.4) is 0 Å². The van der Waals surface area contributed by atoms with E-state index >= 15 is 0 Å². The van der Waals surface area contributed by atoms with Crippen molar-refractivity contribution in [1.82, 2.24) is 10.6 Å². The van der Waals surface area contributed by atoms with Gasteiger partial charge in [-0.1, -0.05) is 19.2 Å². The topological polar surface area (TPSA) is 200 Å². The van der Waals surface area contributed by atoms with Crippen molar-refractivity contribution in [2.75, 3.05) is 25.4 Å². The number of thiol groups is 1. The van der Waals surface area contributed by atoms with Crippen LogP contribution in [-0.4, -0.2) is 80.5 Å². The zero-order chi connectivity index (χ0) is 24.1. The number of carbonyl (C=O) groups is 4. The lowest BCUT2D eigenvalue weighted by molar-refractivity contribution is -0.138. The molecule has 6 N–H and O–H groups in total. The summed E-state index contributed by atoms with van der Waals surface area (Å²) in [6.07, 6.45) is -1.66. The Balaban J connectivity index is 4.04. The molecule has 14 heteroatoms. The molecule has 0 aliphatic rings. The van der Waals surface area contributed by atoms with Crippen molar-refractivity contribution in [3.05, 3.63) is 0 Å². The molecule has 0 aliphatic carbocycles. The van der Waals surface area contributed by atoms with Crippen LogP contribution in [0.5, 0.6) is 0 Å². The van der Waals surface area contributed by atoms with Gasteiger partial charge in [-0.2, -0.15) is 0 Å². The zero-order valence-electron chi connectivity index (χ0n) is 17.4. The minimum atomic E-state index is -4.73. The van der Waals surface area contributed by atoms with Crippen molar-refractivity contribution in [2.24, 2.45) is 5.41 Å². The number of hydrogen-bond donors (Lipinski definition) is 7. The van der Waals surface area contributed by atoms with E-state index in [0.717, 1.165) is 11.4 Å². The standard InChI is InChI=1S/C17H31N2O10PS/c1-17(2,11-29-30(26,27)28)15(24)16(25)19-7-5-13(21)18-8-10-31-9-6-12(20)3-4-14(22)23/h9,15,24,31H,3-8,10-11H2,1-2H3,(H,18,21)(H,19,25)(H,22,23)(H2,26,27,28)/t15-/m0/s1. The average molecular weight is 486 g/mol. The molecule has 1 atom stereocenters. The summed E-state index contributed by atoms with van der Waals surface area (Å²) >= 11 is 0.825. The maximum Gasteiger partial charge on any atom is 0.469 e. The normalized spacial score (nSPS) is 13.3. The van der Waals surface area contributed by atoms with E-state index in [1.54, 1.807) is 5.37 Å². The number of aliphatic hydroxyl groups excluding tert-OH is 1. The fraction of sp³-hybridized carbons (Fsp3) is 0.706. The molecule has 0 aliphatic heterocycles. The Labute approximate surface area is 183 Å². The summed E-state index contributed by atoms with van der Waals surface area (Å²) in [5.41, 5.74) is -1.27. The molecule has 0 spiro atoms. The molecule has 12 nitrogen and oxygen atoms in total. The van der Waals surface area contributed by atoms with E-state index in [9.17, 15) is 28.8 Å². The highest BCUT2D eigenvalue weighted by molar-refractivity contribution is 7.97. The van der Waals surface area contributed by atoms with Crippen molar-refractivity contribution in [2.45, 2.75) is 45.6 Å². The monoisotopic (exact) mass is 486 g/mol. The Kier molecular flexibility index (Phi) is 13.7. The Morgan fingerprint density at radius 1 is 1.10 bits per heavy atom. The molecule has 0 heterocycles. The molecule has 0 rings (SSSR count). The second-order valence-electron chi connectivity index (χ2n) is 7.27. The smallest absolute Gasteiger partial charge is 0.469 e. The van der Waals surface area contributed by atoms with Gasteiger partial charge in [0.15, 0.2) is 0 Å². The third-order valence-electron chi connectivity index (χ3n) is 3.87. The first-order valence-electron chi connectivity index (χ1n) is 9.39. The predicted octanol–water partition coefficient (Wildman–Crippen LogP) is -0.803. The van der Waals surface area contributed by atoms with Gasteiger partial charge in [0, 0.05) is 43.5 Å². The van der Waals surface area contributed by atoms with Gasteiger partial charge in [-0.15, -0.1) is 0 Å². The Morgan fingerprint density at radius 2 is 1.74 bits per heavy atom. The minimum absolute atomic E-state index is 0.00755. The van der Waals surface area contributed by atoms with Crippen molar-refractivity contribution >= 4 is 48.1 Å². The van der Waals surface area contributed by atoms with Crippen LogP contribution < -0.4 is 10.6 Å². The third-order valence-corrected chi connectivity index (χ3v) is 5.26. The highest BCUT2D eigenvalue weighted by Gasteiger charge is 2.35. The van der Waals surface area contributed by atoms with Crippen molar-refractivity contribution in [3.8, 4) is 0 Å². The van der Waals surface area contributed by atoms with Crippen molar-refractivity contribution in [1.29, 1.82) is 0 Å². The molecule has 0 aromatic carbocycles. The van der Waals surface area contributed by atoms with E-state index in [1.807, 2.05) is 0 Å². The van der Waals surface area contributed by atoms with Crippen LogP contribution in [-0.2, 0) is 28.3 Å². The highest BCUT2D eigenvalue weighted by Crippen LogP contribution is 2.38. The summed E-state index contributed by atoms with van der Waals surface area (Å²) in [6, 6.07) is 0. The molecule has 0 saturated heterocycles. The first-order chi connectivity index (χ1) is 14.2. The van der Waals surface area contributed by atoms with Gasteiger partial charge in [0.2, 0.25) is 11.8 Å². The number of phosphoric ester groups is 1. The number of phosphoric acid groups is 1. The van der Waals surface area contributed by atoms with Crippen LogP contribution in [0.2, 0.25) is 0 Å². The number of ketones is 1. The van der Waals surface area contributed by atoms with Gasteiger partial charge in [-0.3, -0.25) is 23.7 Å². The lowest BCUT2D eigenvalue weighted by Crippen LogP contribution is -2.46. The van der Waals surface area contributed by atoms with Crippen molar-refractivity contribution < 1.29 is 48.3 Å². The lowest BCUT2D eigenvalue weighted by Gasteiger charge is -2.29. The third kappa shape index (κ3) is 15.8. The number of carboxylic acids is 1. The molecule has 0 fully saturated rings. The maximum absolute atomic E-state index is 12.0. The molecule has 0 saturated carbocycles. The van der Waals surface area contributed by atoms with Gasteiger partial charge < -0.3 is 30.6 Å². The van der Waals surface area contributed by atoms with E-state index in [4.69, 9.17) is 14.9 Å². The van der Waals surface area contributed by atoms with Crippen LogP contribution in [0, 0.1) is 5.41 Å². The van der Waals surface area contributed by atoms with Gasteiger partial charge >= 0.3 is 13.8 Å². The minimum Gasteiger partial charge on any atom is -0.481 e. The molecule has 0 aromatic rings. The Hall–Kier alpha value is -1.63. The summed E-state index contributed by atoms with van der Waals surface area (Å²) in [4.78, 5) is 62.9. The number of nitrogens with one attached hydrogen (secondary N) is 2. The van der Waals surface area contributed by atoms with E-state index in [0.29, 0.717) is 12.3 Å². The van der Waals surface area contributed by atoms with E-state index in [2.05, 4.69) is 15.2 Å². The van der Waals surface area contributed by atoms with E-state index in [-0.39, 0.29) is 43.9 Å². The van der Waals surface area contributed by atoms with Crippen LogP contribution in [0.4, 0.5) is 0 Å². The number of aliphatic carboxylic acids is 1. The van der Waals surface area contributed by atoms with Gasteiger partial charge in [0.05, 0.1) is 13.0 Å². The van der Waals surface area contributed by atoms with Crippen LogP contribution >= 0.6 is 19.2 Å². The van der Waals surface area contributed by atoms with E-state index in [1.165, 1.54) is 13.8 Å². The van der Waals surface area contributed by atoms with Crippen LogP contribution in [0.25, 0.3) is 0 Å². The number of carboxylic acid groups (broad SMARTS) is 1. The molecule has 0 unspecified atom stereocenters. The van der Waals surface area contributed by atoms with Crippen molar-refractivity contribution in [3.63, 3.8) is 0 Å². The molecule has 0 bridgehead atoms. The molecule has 2 amide bonds. The fourth-order valence-electron chi connectivity index (χ4n) is 2.03. The predicted molar refractivity (Wildman–Crippen MR) is 115 cm³/mol. The fourth-order valence-corrected chi connectivity index (χ4v) is 3.29. The highest BCUT2D eigenvalue weighted by atomic mass is 32.1. The summed E-state index contributed by atoms with van der Waals surface area (Å²) in [7, 11) is -4.73. The number of aliphatic hydroxyl groups is 1. The molecule has 180 valence electrons. The van der Waals surface area contributed by atoms with Gasteiger partial charge in [-0.25, -0.2) is 15.9 Å². The first-order valence-corrected chi connectivity index (χ1v) is 12.1. The number of hydrogen-bond acceptors (Lipinski definition) is 7. The zero-order valence-corrected chi connectivity index (χ0v) is 19.2. The van der Waals surface area contributed by atoms with Gasteiger partial charge in [-0.05, 0) is 0 Å².